The summed E-state index contributed by atoms with van der Waals surface area (Å²) in [5.41, 5.74) is 0.353. The number of nitrogens with one attached hydrogen (secondary N) is 2. The van der Waals surface area contributed by atoms with Crippen molar-refractivity contribution < 1.29 is 9.53 Å². The number of carbonyl (C=O) groups excluding carboxylic acids is 1. The van der Waals surface area contributed by atoms with Crippen LogP contribution in [0.15, 0.2) is 42.7 Å². The molecule has 1 aliphatic rings. The number of nitrogens with zero attached hydrogens (tertiary/aromatic N) is 2. The first-order valence-corrected chi connectivity index (χ1v) is 8.91. The first kappa shape index (κ1) is 17.5. The van der Waals surface area contributed by atoms with Gasteiger partial charge in [0, 0.05) is 18.0 Å². The molecule has 0 radical (unpaired) electrons. The molecular formula is C19H26N4O2. The molecule has 0 spiro atoms. The summed E-state index contributed by atoms with van der Waals surface area (Å²) < 4.78 is 7.51. The highest BCUT2D eigenvalue weighted by molar-refractivity contribution is 5.85. The number of rotatable bonds is 6. The molecule has 1 aromatic heterocycles. The summed E-state index contributed by atoms with van der Waals surface area (Å²) in [5.74, 6) is 0.827. The molecule has 1 aliphatic heterocycles. The number of aromatic nitrogens is 2. The number of carbonyl (C=O) groups is 1. The fourth-order valence-corrected chi connectivity index (χ4v) is 3.46. The first-order valence-electron chi connectivity index (χ1n) is 8.91. The van der Waals surface area contributed by atoms with Crippen LogP contribution in [0.3, 0.4) is 0 Å². The first-order chi connectivity index (χ1) is 12.2. The monoisotopic (exact) mass is 342 g/mol. The Labute approximate surface area is 148 Å². The number of amides is 1. The Morgan fingerprint density at radius 2 is 2.12 bits per heavy atom. The summed E-state index contributed by atoms with van der Waals surface area (Å²) in [6, 6.07) is 9.58. The van der Waals surface area contributed by atoms with E-state index in [1.807, 2.05) is 55.1 Å². The second-order valence-electron chi connectivity index (χ2n) is 6.40. The van der Waals surface area contributed by atoms with Crippen molar-refractivity contribution in [1.82, 2.24) is 20.4 Å². The number of hydrogen-bond donors (Lipinski definition) is 2. The van der Waals surface area contributed by atoms with E-state index in [4.69, 9.17) is 4.74 Å². The normalized spacial score (nSPS) is 17.7. The molecule has 0 saturated carbocycles. The minimum Gasteiger partial charge on any atom is -0.494 e. The molecule has 1 amide bonds. The van der Waals surface area contributed by atoms with E-state index in [0.717, 1.165) is 37.2 Å². The van der Waals surface area contributed by atoms with Gasteiger partial charge < -0.3 is 15.4 Å². The Morgan fingerprint density at radius 1 is 1.36 bits per heavy atom. The quantitative estimate of drug-likeness (QED) is 0.845. The number of hydrogen-bond acceptors (Lipinski definition) is 4. The number of ether oxygens (including phenoxy) is 1. The van der Waals surface area contributed by atoms with E-state index in [9.17, 15) is 4.79 Å². The highest BCUT2D eigenvalue weighted by atomic mass is 16.5. The molecule has 1 atom stereocenters. The maximum Gasteiger partial charge on any atom is 0.248 e. The van der Waals surface area contributed by atoms with Crippen LogP contribution in [0.2, 0.25) is 0 Å². The average Bonchev–Trinajstić information content (AvgIpc) is 3.18. The number of piperidine rings is 1. The summed E-state index contributed by atoms with van der Waals surface area (Å²) in [6.07, 6.45) is 5.05. The molecule has 1 aromatic carbocycles. The standard InChI is InChI=1S/C19H26N4O2/c1-3-25-17-8-5-4-7-16(17)15(2)22-18(24)19(9-12-20-13-10-19)23-14-6-11-21-23/h4-8,11,14-15,20H,3,9-10,12-13H2,1-2H3,(H,22,24). The lowest BCUT2D eigenvalue weighted by atomic mass is 9.87. The Balaban J connectivity index is 1.82. The fraction of sp³-hybridized carbons (Fsp3) is 0.474. The molecule has 1 saturated heterocycles. The third-order valence-electron chi connectivity index (χ3n) is 4.83. The Bertz CT molecular complexity index is 693. The maximum absolute atomic E-state index is 13.2. The summed E-state index contributed by atoms with van der Waals surface area (Å²) in [5, 5.41) is 10.9. The van der Waals surface area contributed by atoms with Crippen LogP contribution in [-0.2, 0) is 10.3 Å². The SMILES string of the molecule is CCOc1ccccc1C(C)NC(=O)C1(n2cccn2)CCNCC1. The molecule has 3 rings (SSSR count). The van der Waals surface area contributed by atoms with Crippen molar-refractivity contribution in [3.05, 3.63) is 48.3 Å². The topological polar surface area (TPSA) is 68.2 Å². The summed E-state index contributed by atoms with van der Waals surface area (Å²) >= 11 is 0. The zero-order valence-electron chi connectivity index (χ0n) is 14.9. The van der Waals surface area contributed by atoms with Gasteiger partial charge in [-0.1, -0.05) is 18.2 Å². The van der Waals surface area contributed by atoms with Crippen molar-refractivity contribution in [2.24, 2.45) is 0 Å². The van der Waals surface area contributed by atoms with Crippen molar-refractivity contribution in [2.45, 2.75) is 38.3 Å². The molecule has 134 valence electrons. The molecule has 6 nitrogen and oxygen atoms in total. The summed E-state index contributed by atoms with van der Waals surface area (Å²) in [6.45, 7) is 6.16. The van der Waals surface area contributed by atoms with E-state index in [1.54, 1.807) is 6.20 Å². The molecule has 1 unspecified atom stereocenters. The lowest BCUT2D eigenvalue weighted by molar-refractivity contribution is -0.132. The van der Waals surface area contributed by atoms with Crippen LogP contribution in [0.5, 0.6) is 5.75 Å². The number of para-hydroxylation sites is 1. The van der Waals surface area contributed by atoms with Gasteiger partial charge in [-0.05, 0) is 51.9 Å². The van der Waals surface area contributed by atoms with Gasteiger partial charge in [0.05, 0.1) is 12.6 Å². The number of benzene rings is 1. The highest BCUT2D eigenvalue weighted by Crippen LogP contribution is 2.30. The van der Waals surface area contributed by atoms with Crippen LogP contribution in [0.4, 0.5) is 0 Å². The van der Waals surface area contributed by atoms with E-state index in [2.05, 4.69) is 15.7 Å². The lowest BCUT2D eigenvalue weighted by Crippen LogP contribution is -2.55. The predicted molar refractivity (Wildman–Crippen MR) is 96.5 cm³/mol. The van der Waals surface area contributed by atoms with Gasteiger partial charge in [-0.25, -0.2) is 0 Å². The molecule has 25 heavy (non-hydrogen) atoms. The molecule has 2 aromatic rings. The summed E-state index contributed by atoms with van der Waals surface area (Å²) in [4.78, 5) is 13.2. The van der Waals surface area contributed by atoms with Crippen molar-refractivity contribution in [3.8, 4) is 5.75 Å². The third kappa shape index (κ3) is 3.54. The highest BCUT2D eigenvalue weighted by Gasteiger charge is 2.42. The zero-order chi connectivity index (χ0) is 17.7. The van der Waals surface area contributed by atoms with Crippen molar-refractivity contribution in [2.75, 3.05) is 19.7 Å². The molecule has 0 aliphatic carbocycles. The van der Waals surface area contributed by atoms with Gasteiger partial charge in [0.2, 0.25) is 5.91 Å². The molecular weight excluding hydrogens is 316 g/mol. The second kappa shape index (κ2) is 7.70. The molecule has 1 fully saturated rings. The minimum atomic E-state index is -0.635. The predicted octanol–water partition coefficient (Wildman–Crippen LogP) is 2.24. The third-order valence-corrected chi connectivity index (χ3v) is 4.83. The second-order valence-corrected chi connectivity index (χ2v) is 6.40. The van der Waals surface area contributed by atoms with Gasteiger partial charge in [0.1, 0.15) is 11.3 Å². The fourth-order valence-electron chi connectivity index (χ4n) is 3.46. The van der Waals surface area contributed by atoms with E-state index < -0.39 is 5.54 Å². The van der Waals surface area contributed by atoms with Crippen LogP contribution >= 0.6 is 0 Å². The van der Waals surface area contributed by atoms with E-state index in [-0.39, 0.29) is 11.9 Å². The van der Waals surface area contributed by atoms with Crippen LogP contribution in [0, 0.1) is 0 Å². The summed E-state index contributed by atoms with van der Waals surface area (Å²) in [7, 11) is 0. The van der Waals surface area contributed by atoms with E-state index in [0.29, 0.717) is 6.61 Å². The van der Waals surface area contributed by atoms with Crippen LogP contribution in [0.1, 0.15) is 38.3 Å². The average molecular weight is 342 g/mol. The van der Waals surface area contributed by atoms with Crippen molar-refractivity contribution >= 4 is 5.91 Å². The lowest BCUT2D eigenvalue weighted by Gasteiger charge is -2.37. The molecule has 6 heteroatoms. The largest absolute Gasteiger partial charge is 0.494 e. The Hall–Kier alpha value is -2.34. The molecule has 2 heterocycles. The van der Waals surface area contributed by atoms with Gasteiger partial charge in [-0.3, -0.25) is 9.48 Å². The minimum absolute atomic E-state index is 0.0106. The Morgan fingerprint density at radius 3 is 2.80 bits per heavy atom. The smallest absolute Gasteiger partial charge is 0.248 e. The molecule has 2 N–H and O–H groups in total. The van der Waals surface area contributed by atoms with Crippen molar-refractivity contribution in [3.63, 3.8) is 0 Å². The molecule has 0 bridgehead atoms. The van der Waals surface area contributed by atoms with Gasteiger partial charge in [0.25, 0.3) is 0 Å². The van der Waals surface area contributed by atoms with Gasteiger partial charge in [-0.2, -0.15) is 5.10 Å². The zero-order valence-corrected chi connectivity index (χ0v) is 14.9. The van der Waals surface area contributed by atoms with Gasteiger partial charge in [0.15, 0.2) is 0 Å². The van der Waals surface area contributed by atoms with Crippen LogP contribution in [0.25, 0.3) is 0 Å². The van der Waals surface area contributed by atoms with Crippen LogP contribution < -0.4 is 15.4 Å². The van der Waals surface area contributed by atoms with E-state index >= 15 is 0 Å². The van der Waals surface area contributed by atoms with Crippen LogP contribution in [-0.4, -0.2) is 35.4 Å². The maximum atomic E-state index is 13.2. The van der Waals surface area contributed by atoms with Gasteiger partial charge in [-0.15, -0.1) is 0 Å². The Kier molecular flexibility index (Phi) is 5.38. The van der Waals surface area contributed by atoms with E-state index in [1.165, 1.54) is 0 Å². The van der Waals surface area contributed by atoms with Crippen molar-refractivity contribution in [1.29, 1.82) is 0 Å². The van der Waals surface area contributed by atoms with Gasteiger partial charge >= 0.3 is 0 Å².